The van der Waals surface area contributed by atoms with E-state index in [9.17, 15) is 16.8 Å². The van der Waals surface area contributed by atoms with Crippen LogP contribution in [0.3, 0.4) is 0 Å². The van der Waals surface area contributed by atoms with E-state index in [0.29, 0.717) is 5.56 Å². The van der Waals surface area contributed by atoms with Crippen molar-refractivity contribution in [1.82, 2.24) is 4.31 Å². The fraction of sp³-hybridized carbons (Fsp3) is 0.200. The molecule has 1 atom stereocenters. The van der Waals surface area contributed by atoms with Crippen LogP contribution in [0.15, 0.2) is 52.3 Å². The van der Waals surface area contributed by atoms with E-state index in [-0.39, 0.29) is 19.8 Å². The summed E-state index contributed by atoms with van der Waals surface area (Å²) < 4.78 is 49.3. The molecule has 0 unspecified atom stereocenters. The average Bonchev–Trinajstić information content (AvgIpc) is 2.51. The summed E-state index contributed by atoms with van der Waals surface area (Å²) in [5.41, 5.74) is 0.603. The maximum atomic E-state index is 12.8. The Labute approximate surface area is 157 Å². The third-order valence-electron chi connectivity index (χ3n) is 3.75. The highest BCUT2D eigenvalue weighted by molar-refractivity contribution is 7.89. The fourth-order valence-corrected chi connectivity index (χ4v) is 4.79. The van der Waals surface area contributed by atoms with Gasteiger partial charge in [-0.15, -0.1) is 0 Å². The zero-order chi connectivity index (χ0) is 19.0. The zero-order valence-electron chi connectivity index (χ0n) is 13.3. The van der Waals surface area contributed by atoms with Crippen molar-refractivity contribution in [2.24, 2.45) is 5.14 Å². The van der Waals surface area contributed by atoms with Crippen LogP contribution >= 0.6 is 23.2 Å². The molecule has 25 heavy (non-hydrogen) atoms. The second-order valence-electron chi connectivity index (χ2n) is 5.42. The third-order valence-corrected chi connectivity index (χ3v) is 7.02. The Morgan fingerprint density at radius 1 is 0.920 bits per heavy atom. The van der Waals surface area contributed by atoms with E-state index in [2.05, 4.69) is 0 Å². The molecular weight excluding hydrogens is 407 g/mol. The first-order valence-electron chi connectivity index (χ1n) is 7.00. The molecule has 0 bridgehead atoms. The minimum Gasteiger partial charge on any atom is -0.225 e. The van der Waals surface area contributed by atoms with E-state index < -0.39 is 26.1 Å². The first kappa shape index (κ1) is 20.2. The molecule has 0 saturated carbocycles. The van der Waals surface area contributed by atoms with Crippen LogP contribution < -0.4 is 5.14 Å². The lowest BCUT2D eigenvalue weighted by Crippen LogP contribution is -2.30. The Bertz CT molecular complexity index is 970. The van der Waals surface area contributed by atoms with Gasteiger partial charge >= 0.3 is 0 Å². The summed E-state index contributed by atoms with van der Waals surface area (Å²) in [6.45, 7) is 1.68. The fourth-order valence-electron chi connectivity index (χ4n) is 2.20. The maximum absolute atomic E-state index is 12.8. The molecule has 2 rings (SSSR count). The predicted octanol–water partition coefficient (Wildman–Crippen LogP) is 3.02. The van der Waals surface area contributed by atoms with Gasteiger partial charge in [0.1, 0.15) is 0 Å². The molecule has 2 aromatic carbocycles. The van der Waals surface area contributed by atoms with Gasteiger partial charge in [-0.2, -0.15) is 4.31 Å². The van der Waals surface area contributed by atoms with Crippen LogP contribution in [0.1, 0.15) is 18.5 Å². The van der Waals surface area contributed by atoms with Crippen LogP contribution in [0.4, 0.5) is 0 Å². The van der Waals surface area contributed by atoms with Crippen molar-refractivity contribution in [3.63, 3.8) is 0 Å². The summed E-state index contributed by atoms with van der Waals surface area (Å²) >= 11 is 11.8. The minimum absolute atomic E-state index is 0.0273. The molecule has 0 aliphatic heterocycles. The lowest BCUT2D eigenvalue weighted by molar-refractivity contribution is 0.398. The van der Waals surface area contributed by atoms with E-state index in [1.54, 1.807) is 6.92 Å². The number of rotatable bonds is 5. The molecule has 10 heteroatoms. The van der Waals surface area contributed by atoms with Crippen molar-refractivity contribution in [2.75, 3.05) is 7.05 Å². The number of nitrogens with zero attached hydrogens (tertiary/aromatic N) is 1. The smallest absolute Gasteiger partial charge is 0.225 e. The molecule has 2 N–H and O–H groups in total. The first-order chi connectivity index (χ1) is 11.4. The Balaban J connectivity index is 2.36. The molecule has 0 amide bonds. The van der Waals surface area contributed by atoms with E-state index >= 15 is 0 Å². The average molecular weight is 423 g/mol. The standard InChI is InChI=1S/C15H16Cl2N2O4S2/c1-10(11-3-5-14(6-4-11)24(18,20)21)19(2)25(22,23)15-8-12(16)7-13(17)9-15/h3-10H,1-2H3,(H2,18,20,21)/t10-/m1/s1. The van der Waals surface area contributed by atoms with Gasteiger partial charge in [0.05, 0.1) is 9.79 Å². The van der Waals surface area contributed by atoms with Crippen LogP contribution in [0.2, 0.25) is 10.0 Å². The number of sulfonamides is 2. The van der Waals surface area contributed by atoms with Gasteiger partial charge in [0.25, 0.3) is 0 Å². The molecule has 136 valence electrons. The second-order valence-corrected chi connectivity index (χ2v) is 9.85. The number of benzene rings is 2. The third kappa shape index (κ3) is 4.52. The van der Waals surface area contributed by atoms with Gasteiger partial charge in [-0.25, -0.2) is 22.0 Å². The molecule has 6 nitrogen and oxygen atoms in total. The van der Waals surface area contributed by atoms with E-state index in [1.807, 2.05) is 0 Å². The van der Waals surface area contributed by atoms with E-state index in [1.165, 1.54) is 49.5 Å². The SMILES string of the molecule is C[C@H](c1ccc(S(N)(=O)=O)cc1)N(C)S(=O)(=O)c1cc(Cl)cc(Cl)c1. The highest BCUT2D eigenvalue weighted by atomic mass is 35.5. The molecule has 0 spiro atoms. The largest absolute Gasteiger partial charge is 0.243 e. The van der Waals surface area contributed by atoms with E-state index in [4.69, 9.17) is 28.3 Å². The van der Waals surface area contributed by atoms with E-state index in [0.717, 1.165) is 4.31 Å². The van der Waals surface area contributed by atoms with Crippen LogP contribution in [0.5, 0.6) is 0 Å². The summed E-state index contributed by atoms with van der Waals surface area (Å²) in [6.07, 6.45) is 0. The first-order valence-corrected chi connectivity index (χ1v) is 10.7. The number of halogens is 2. The predicted molar refractivity (Wildman–Crippen MR) is 97.6 cm³/mol. The summed E-state index contributed by atoms with van der Waals surface area (Å²) in [6, 6.07) is 9.21. The van der Waals surface area contributed by atoms with Gasteiger partial charge in [-0.05, 0) is 42.8 Å². The summed E-state index contributed by atoms with van der Waals surface area (Å²) in [7, 11) is -6.24. The maximum Gasteiger partial charge on any atom is 0.243 e. The summed E-state index contributed by atoms with van der Waals surface area (Å²) in [4.78, 5) is -0.0731. The van der Waals surface area contributed by atoms with Crippen LogP contribution in [0.25, 0.3) is 0 Å². The normalized spacial score (nSPS) is 13.8. The quantitative estimate of drug-likeness (QED) is 0.800. The lowest BCUT2D eigenvalue weighted by atomic mass is 10.1. The van der Waals surface area contributed by atoms with Crippen LogP contribution in [-0.4, -0.2) is 28.2 Å². The Morgan fingerprint density at radius 2 is 1.40 bits per heavy atom. The monoisotopic (exact) mass is 422 g/mol. The topological polar surface area (TPSA) is 97.5 Å². The Kier molecular flexibility index (Phi) is 5.82. The molecule has 0 fully saturated rings. The molecule has 0 radical (unpaired) electrons. The summed E-state index contributed by atoms with van der Waals surface area (Å²) in [5, 5.41) is 5.48. The van der Waals surface area contributed by atoms with Gasteiger partial charge in [0.2, 0.25) is 20.0 Å². The number of hydrogen-bond acceptors (Lipinski definition) is 4. The molecule has 0 heterocycles. The van der Waals surface area contributed by atoms with Crippen molar-refractivity contribution < 1.29 is 16.8 Å². The highest BCUT2D eigenvalue weighted by Crippen LogP contribution is 2.29. The Hall–Kier alpha value is -1.16. The molecule has 0 aromatic heterocycles. The zero-order valence-corrected chi connectivity index (χ0v) is 16.5. The second kappa shape index (κ2) is 7.22. The van der Waals surface area contributed by atoms with Crippen molar-refractivity contribution >= 4 is 43.2 Å². The van der Waals surface area contributed by atoms with Crippen molar-refractivity contribution in [3.8, 4) is 0 Å². The van der Waals surface area contributed by atoms with Gasteiger partial charge < -0.3 is 0 Å². The summed E-state index contributed by atoms with van der Waals surface area (Å²) in [5.74, 6) is 0. The van der Waals surface area contributed by atoms with Crippen molar-refractivity contribution in [3.05, 3.63) is 58.1 Å². The van der Waals surface area contributed by atoms with Gasteiger partial charge in [0.15, 0.2) is 0 Å². The Morgan fingerprint density at radius 3 is 1.84 bits per heavy atom. The van der Waals surface area contributed by atoms with Gasteiger partial charge in [-0.3, -0.25) is 0 Å². The molecule has 0 saturated heterocycles. The molecule has 0 aliphatic rings. The number of nitrogens with two attached hydrogens (primary N) is 1. The number of hydrogen-bond donors (Lipinski definition) is 1. The van der Waals surface area contributed by atoms with Crippen LogP contribution in [-0.2, 0) is 20.0 Å². The highest BCUT2D eigenvalue weighted by Gasteiger charge is 2.27. The van der Waals surface area contributed by atoms with Gasteiger partial charge in [0, 0.05) is 23.1 Å². The number of primary sulfonamides is 1. The van der Waals surface area contributed by atoms with Crippen molar-refractivity contribution in [2.45, 2.75) is 22.8 Å². The lowest BCUT2D eigenvalue weighted by Gasteiger charge is -2.25. The van der Waals surface area contributed by atoms with Crippen LogP contribution in [0, 0.1) is 0 Å². The molecule has 2 aromatic rings. The van der Waals surface area contributed by atoms with Crippen molar-refractivity contribution in [1.29, 1.82) is 0 Å². The minimum atomic E-state index is -3.85. The molecular formula is C15H16Cl2N2O4S2. The van der Waals surface area contributed by atoms with Gasteiger partial charge in [-0.1, -0.05) is 35.3 Å². The molecule has 0 aliphatic carbocycles.